The minimum Gasteiger partial charge on any atom is -0.497 e. The van der Waals surface area contributed by atoms with Crippen LogP contribution < -0.4 is 4.74 Å². The van der Waals surface area contributed by atoms with Gasteiger partial charge in [0.05, 0.1) is 19.9 Å². The van der Waals surface area contributed by atoms with Gasteiger partial charge in [-0.3, -0.25) is 4.68 Å². The Labute approximate surface area is 166 Å². The number of ether oxygens (including phenoxy) is 2. The summed E-state index contributed by atoms with van der Waals surface area (Å²) in [6, 6.07) is 8.01. The molecular formula is C22H29N3O3. The van der Waals surface area contributed by atoms with Crippen molar-refractivity contribution in [3.8, 4) is 5.75 Å². The molecule has 1 aliphatic heterocycles. The van der Waals surface area contributed by atoms with Gasteiger partial charge in [-0.15, -0.1) is 0 Å². The zero-order chi connectivity index (χ0) is 20.1. The van der Waals surface area contributed by atoms with E-state index in [0.717, 1.165) is 30.7 Å². The van der Waals surface area contributed by atoms with Crippen LogP contribution in [0.3, 0.4) is 0 Å². The van der Waals surface area contributed by atoms with Crippen molar-refractivity contribution < 1.29 is 14.3 Å². The van der Waals surface area contributed by atoms with Gasteiger partial charge in [0.2, 0.25) is 0 Å². The number of aromatic nitrogens is 2. The van der Waals surface area contributed by atoms with E-state index in [2.05, 4.69) is 17.4 Å². The van der Waals surface area contributed by atoms with E-state index in [-0.39, 0.29) is 6.09 Å². The maximum atomic E-state index is 12.2. The lowest BCUT2D eigenvalue weighted by molar-refractivity contribution is 0.0237. The number of carbonyl (C=O) groups is 1. The molecule has 0 bridgehead atoms. The highest BCUT2D eigenvalue weighted by Gasteiger charge is 2.24. The van der Waals surface area contributed by atoms with E-state index in [4.69, 9.17) is 9.47 Å². The lowest BCUT2D eigenvalue weighted by atomic mass is 10.0. The second-order valence-corrected chi connectivity index (χ2v) is 8.09. The summed E-state index contributed by atoms with van der Waals surface area (Å²) >= 11 is 0. The average Bonchev–Trinajstić information content (AvgIpc) is 3.08. The quantitative estimate of drug-likeness (QED) is 0.787. The fourth-order valence-corrected chi connectivity index (χ4v) is 3.14. The number of carbonyl (C=O) groups excluding carboxylic acids is 1. The molecule has 2 heterocycles. The van der Waals surface area contributed by atoms with Gasteiger partial charge in [-0.1, -0.05) is 23.8 Å². The lowest BCUT2D eigenvalue weighted by Crippen LogP contribution is -2.40. The fraction of sp³-hybridized carbons (Fsp3) is 0.455. The van der Waals surface area contributed by atoms with Crippen LogP contribution in [0, 0.1) is 0 Å². The number of rotatable bonds is 4. The van der Waals surface area contributed by atoms with E-state index in [0.29, 0.717) is 13.1 Å². The molecule has 1 amide bonds. The van der Waals surface area contributed by atoms with E-state index in [1.165, 1.54) is 11.1 Å². The first-order valence-corrected chi connectivity index (χ1v) is 9.65. The van der Waals surface area contributed by atoms with Gasteiger partial charge in [-0.05, 0) is 51.3 Å². The molecule has 2 aromatic rings. The minimum atomic E-state index is -0.453. The molecule has 1 aromatic heterocycles. The molecule has 1 aliphatic rings. The van der Waals surface area contributed by atoms with Crippen LogP contribution in [0.25, 0.3) is 6.08 Å². The predicted molar refractivity (Wildman–Crippen MR) is 109 cm³/mol. The molecule has 1 fully saturated rings. The molecule has 6 nitrogen and oxygen atoms in total. The Morgan fingerprint density at radius 1 is 1.18 bits per heavy atom. The molecule has 0 N–H and O–H groups in total. The third-order valence-corrected chi connectivity index (χ3v) is 4.58. The zero-order valence-corrected chi connectivity index (χ0v) is 17.1. The van der Waals surface area contributed by atoms with Crippen molar-refractivity contribution in [2.75, 3.05) is 20.2 Å². The standard InChI is InChI=1S/C22H29N3O3/c1-22(2,3)28-21(26)24-11-9-17(10-12-24)13-19-14-23-25(16-19)15-18-5-7-20(27-4)8-6-18/h5-8,13-14,16H,9-12,15H2,1-4H3. The topological polar surface area (TPSA) is 56.6 Å². The van der Waals surface area contributed by atoms with Gasteiger partial charge in [0.1, 0.15) is 11.4 Å². The van der Waals surface area contributed by atoms with Crippen molar-refractivity contribution in [1.82, 2.24) is 14.7 Å². The van der Waals surface area contributed by atoms with Crippen LogP contribution in [0.5, 0.6) is 5.75 Å². The van der Waals surface area contributed by atoms with Crippen molar-refractivity contribution in [3.63, 3.8) is 0 Å². The van der Waals surface area contributed by atoms with Gasteiger partial charge in [0.25, 0.3) is 0 Å². The summed E-state index contributed by atoms with van der Waals surface area (Å²) in [5.41, 5.74) is 3.15. The number of benzene rings is 1. The van der Waals surface area contributed by atoms with E-state index in [1.54, 1.807) is 12.0 Å². The van der Waals surface area contributed by atoms with Crippen LogP contribution in [0.2, 0.25) is 0 Å². The van der Waals surface area contributed by atoms with Gasteiger partial charge in [-0.2, -0.15) is 5.10 Å². The summed E-state index contributed by atoms with van der Waals surface area (Å²) in [4.78, 5) is 13.9. The molecule has 6 heteroatoms. The van der Waals surface area contributed by atoms with Crippen molar-refractivity contribution in [2.45, 2.75) is 45.8 Å². The number of hydrogen-bond donors (Lipinski definition) is 0. The first-order valence-electron chi connectivity index (χ1n) is 9.65. The average molecular weight is 383 g/mol. The number of amides is 1. The van der Waals surface area contributed by atoms with Gasteiger partial charge in [0, 0.05) is 24.8 Å². The van der Waals surface area contributed by atoms with Crippen molar-refractivity contribution in [3.05, 3.63) is 53.4 Å². The Kier molecular flexibility index (Phi) is 6.07. The number of methoxy groups -OCH3 is 1. The Hall–Kier alpha value is -2.76. The van der Waals surface area contributed by atoms with Crippen LogP contribution in [-0.2, 0) is 11.3 Å². The summed E-state index contributed by atoms with van der Waals surface area (Å²) in [6.07, 6.45) is 7.63. The van der Waals surface area contributed by atoms with E-state index in [1.807, 2.05) is 55.9 Å². The first kappa shape index (κ1) is 20.0. The molecule has 1 saturated heterocycles. The van der Waals surface area contributed by atoms with Crippen molar-refractivity contribution in [1.29, 1.82) is 0 Å². The van der Waals surface area contributed by atoms with Crippen molar-refractivity contribution in [2.24, 2.45) is 0 Å². The second-order valence-electron chi connectivity index (χ2n) is 8.09. The number of hydrogen-bond acceptors (Lipinski definition) is 4. The smallest absolute Gasteiger partial charge is 0.410 e. The molecule has 28 heavy (non-hydrogen) atoms. The Balaban J connectivity index is 1.54. The number of nitrogens with zero attached hydrogens (tertiary/aromatic N) is 3. The van der Waals surface area contributed by atoms with E-state index in [9.17, 15) is 4.79 Å². The van der Waals surface area contributed by atoms with Crippen LogP contribution in [0.15, 0.2) is 42.2 Å². The van der Waals surface area contributed by atoms with Crippen LogP contribution >= 0.6 is 0 Å². The highest BCUT2D eigenvalue weighted by atomic mass is 16.6. The number of piperidine rings is 1. The summed E-state index contributed by atoms with van der Waals surface area (Å²) in [7, 11) is 1.67. The predicted octanol–water partition coefficient (Wildman–Crippen LogP) is 4.35. The molecule has 150 valence electrons. The first-order chi connectivity index (χ1) is 13.3. The zero-order valence-electron chi connectivity index (χ0n) is 17.1. The molecule has 0 saturated carbocycles. The molecule has 0 atom stereocenters. The maximum Gasteiger partial charge on any atom is 0.410 e. The van der Waals surface area contributed by atoms with Crippen LogP contribution in [0.4, 0.5) is 4.79 Å². The lowest BCUT2D eigenvalue weighted by Gasteiger charge is -2.31. The largest absolute Gasteiger partial charge is 0.497 e. The van der Waals surface area contributed by atoms with Gasteiger partial charge in [0.15, 0.2) is 0 Å². The fourth-order valence-electron chi connectivity index (χ4n) is 3.14. The monoisotopic (exact) mass is 383 g/mol. The molecule has 1 aromatic carbocycles. The SMILES string of the molecule is COc1ccc(Cn2cc(C=C3CCN(C(=O)OC(C)(C)C)CC3)cn2)cc1. The molecule has 0 aliphatic carbocycles. The summed E-state index contributed by atoms with van der Waals surface area (Å²) in [5.74, 6) is 0.854. The minimum absolute atomic E-state index is 0.223. The van der Waals surface area contributed by atoms with Crippen LogP contribution in [-0.4, -0.2) is 46.6 Å². The van der Waals surface area contributed by atoms with Gasteiger partial charge in [-0.25, -0.2) is 4.79 Å². The summed E-state index contributed by atoms with van der Waals surface area (Å²) < 4.78 is 12.6. The second kappa shape index (κ2) is 8.50. The number of likely N-dealkylation sites (tertiary alicyclic amines) is 1. The van der Waals surface area contributed by atoms with Crippen molar-refractivity contribution >= 4 is 12.2 Å². The summed E-state index contributed by atoms with van der Waals surface area (Å²) in [6.45, 7) is 7.79. The highest BCUT2D eigenvalue weighted by Crippen LogP contribution is 2.21. The van der Waals surface area contributed by atoms with E-state index < -0.39 is 5.60 Å². The Bertz CT molecular complexity index is 821. The summed E-state index contributed by atoms with van der Waals surface area (Å²) in [5, 5.41) is 4.46. The molecule has 3 rings (SSSR count). The third kappa shape index (κ3) is 5.62. The molecule has 0 unspecified atom stereocenters. The van der Waals surface area contributed by atoms with Gasteiger partial charge < -0.3 is 14.4 Å². The Morgan fingerprint density at radius 3 is 2.46 bits per heavy atom. The highest BCUT2D eigenvalue weighted by molar-refractivity contribution is 5.68. The Morgan fingerprint density at radius 2 is 1.86 bits per heavy atom. The van der Waals surface area contributed by atoms with E-state index >= 15 is 0 Å². The maximum absolute atomic E-state index is 12.2. The molecule has 0 spiro atoms. The van der Waals surface area contributed by atoms with Gasteiger partial charge >= 0.3 is 6.09 Å². The molecule has 0 radical (unpaired) electrons. The molecular weight excluding hydrogens is 354 g/mol. The normalized spacial score (nSPS) is 14.7. The third-order valence-electron chi connectivity index (χ3n) is 4.58. The van der Waals surface area contributed by atoms with Crippen LogP contribution in [0.1, 0.15) is 44.7 Å².